The molecule has 0 aliphatic carbocycles. The second-order valence-electron chi connectivity index (χ2n) is 4.79. The molecule has 2 rings (SSSR count). The van der Waals surface area contributed by atoms with Gasteiger partial charge in [-0.2, -0.15) is 0 Å². The molecule has 1 aromatic heterocycles. The Balaban J connectivity index is 2.02. The summed E-state index contributed by atoms with van der Waals surface area (Å²) in [6.45, 7) is 10.9. The Morgan fingerprint density at radius 1 is 1.47 bits per heavy atom. The van der Waals surface area contributed by atoms with Crippen LogP contribution in [0.1, 0.15) is 37.3 Å². The third kappa shape index (κ3) is 2.99. The average molecular weight is 253 g/mol. The number of aromatic nitrogens is 1. The molecule has 1 atom stereocenters. The molecule has 0 radical (unpaired) electrons. The van der Waals surface area contributed by atoms with Gasteiger partial charge in [0.05, 0.1) is 5.69 Å². The van der Waals surface area contributed by atoms with Crippen LogP contribution in [0, 0.1) is 12.8 Å². The van der Waals surface area contributed by atoms with Crippen molar-refractivity contribution >= 4 is 16.5 Å². The Morgan fingerprint density at radius 2 is 2.29 bits per heavy atom. The molecule has 0 bridgehead atoms. The Morgan fingerprint density at radius 3 is 2.94 bits per heavy atom. The molecule has 1 aliphatic rings. The summed E-state index contributed by atoms with van der Waals surface area (Å²) in [6.07, 6.45) is 2.63. The van der Waals surface area contributed by atoms with Crippen LogP contribution in [-0.2, 0) is 6.54 Å². The predicted molar refractivity (Wildman–Crippen MR) is 74.8 cm³/mol. The smallest absolute Gasteiger partial charge is 0.185 e. The first-order valence-corrected chi connectivity index (χ1v) is 7.48. The Labute approximate surface area is 108 Å². The lowest BCUT2D eigenvalue weighted by Crippen LogP contribution is -2.19. The van der Waals surface area contributed by atoms with Gasteiger partial charge in [0.2, 0.25) is 0 Å². The minimum Gasteiger partial charge on any atom is -0.348 e. The van der Waals surface area contributed by atoms with Gasteiger partial charge in [-0.3, -0.25) is 0 Å². The molecular weight excluding hydrogens is 230 g/mol. The van der Waals surface area contributed by atoms with Crippen molar-refractivity contribution in [2.45, 2.75) is 40.2 Å². The lowest BCUT2D eigenvalue weighted by atomic mass is 10.1. The van der Waals surface area contributed by atoms with Crippen LogP contribution >= 0.6 is 11.3 Å². The summed E-state index contributed by atoms with van der Waals surface area (Å²) in [5.41, 5.74) is 1.20. The summed E-state index contributed by atoms with van der Waals surface area (Å²) in [5.74, 6) is 0.872. The number of hydrogen-bond acceptors (Lipinski definition) is 4. The zero-order chi connectivity index (χ0) is 12.3. The van der Waals surface area contributed by atoms with E-state index in [1.54, 1.807) is 0 Å². The summed E-state index contributed by atoms with van der Waals surface area (Å²) >= 11 is 1.86. The standard InChI is InChI=1S/C13H23N3S/c1-4-11-6-7-16(9-11)13-15-10(3)12(17-13)8-14-5-2/h11,14H,4-9H2,1-3H3. The van der Waals surface area contributed by atoms with Gasteiger partial charge < -0.3 is 10.2 Å². The van der Waals surface area contributed by atoms with E-state index in [1.807, 2.05) is 11.3 Å². The summed E-state index contributed by atoms with van der Waals surface area (Å²) in [4.78, 5) is 8.57. The molecule has 0 saturated carbocycles. The maximum Gasteiger partial charge on any atom is 0.185 e. The molecule has 1 fully saturated rings. The van der Waals surface area contributed by atoms with Gasteiger partial charge in [-0.1, -0.05) is 20.3 Å². The maximum atomic E-state index is 4.72. The molecule has 17 heavy (non-hydrogen) atoms. The lowest BCUT2D eigenvalue weighted by Gasteiger charge is -2.14. The molecule has 0 spiro atoms. The summed E-state index contributed by atoms with van der Waals surface area (Å²) in [5, 5.41) is 4.61. The third-order valence-electron chi connectivity index (χ3n) is 3.55. The van der Waals surface area contributed by atoms with E-state index in [2.05, 4.69) is 31.0 Å². The van der Waals surface area contributed by atoms with Crippen molar-refractivity contribution in [3.05, 3.63) is 10.6 Å². The molecule has 1 aliphatic heterocycles. The van der Waals surface area contributed by atoms with Crippen molar-refractivity contribution < 1.29 is 0 Å². The minimum atomic E-state index is 0.872. The first-order valence-electron chi connectivity index (χ1n) is 6.66. The number of thiazole rings is 1. The van der Waals surface area contributed by atoms with Crippen molar-refractivity contribution in [2.75, 3.05) is 24.5 Å². The number of rotatable bonds is 5. The molecule has 96 valence electrons. The Bertz CT molecular complexity index is 362. The summed E-state index contributed by atoms with van der Waals surface area (Å²) in [7, 11) is 0. The first kappa shape index (κ1) is 12.8. The number of nitrogens with one attached hydrogen (secondary N) is 1. The first-order chi connectivity index (χ1) is 8.24. The Hall–Kier alpha value is -0.610. The monoisotopic (exact) mass is 253 g/mol. The van der Waals surface area contributed by atoms with Gasteiger partial charge in [0.25, 0.3) is 0 Å². The number of hydrogen-bond donors (Lipinski definition) is 1. The van der Waals surface area contributed by atoms with E-state index in [0.29, 0.717) is 0 Å². The summed E-state index contributed by atoms with van der Waals surface area (Å²) < 4.78 is 0. The van der Waals surface area contributed by atoms with Crippen LogP contribution in [0.3, 0.4) is 0 Å². The SMILES string of the molecule is CCNCc1sc(N2CCC(CC)C2)nc1C. The van der Waals surface area contributed by atoms with Crippen LogP contribution in [0.4, 0.5) is 5.13 Å². The molecule has 0 aromatic carbocycles. The van der Waals surface area contributed by atoms with Crippen LogP contribution in [0.2, 0.25) is 0 Å². The van der Waals surface area contributed by atoms with E-state index >= 15 is 0 Å². The van der Waals surface area contributed by atoms with Gasteiger partial charge in [-0.25, -0.2) is 4.98 Å². The van der Waals surface area contributed by atoms with Gasteiger partial charge >= 0.3 is 0 Å². The van der Waals surface area contributed by atoms with Crippen molar-refractivity contribution in [1.29, 1.82) is 0 Å². The zero-order valence-corrected chi connectivity index (χ0v) is 11.9. The topological polar surface area (TPSA) is 28.2 Å². The molecule has 1 N–H and O–H groups in total. The second-order valence-corrected chi connectivity index (χ2v) is 5.86. The van der Waals surface area contributed by atoms with Crippen LogP contribution < -0.4 is 10.2 Å². The average Bonchev–Trinajstić information content (AvgIpc) is 2.93. The fraction of sp³-hybridized carbons (Fsp3) is 0.769. The maximum absolute atomic E-state index is 4.72. The predicted octanol–water partition coefficient (Wildman–Crippen LogP) is 2.80. The number of anilines is 1. The minimum absolute atomic E-state index is 0.872. The van der Waals surface area contributed by atoms with Crippen LogP contribution in [0.5, 0.6) is 0 Å². The van der Waals surface area contributed by atoms with Crippen LogP contribution in [0.25, 0.3) is 0 Å². The van der Waals surface area contributed by atoms with Crippen molar-refractivity contribution in [2.24, 2.45) is 5.92 Å². The normalized spacial score (nSPS) is 20.2. The van der Waals surface area contributed by atoms with Gasteiger partial charge in [0.15, 0.2) is 5.13 Å². The molecule has 1 aromatic rings. The largest absolute Gasteiger partial charge is 0.348 e. The molecule has 0 amide bonds. The lowest BCUT2D eigenvalue weighted by molar-refractivity contribution is 0.569. The van der Waals surface area contributed by atoms with Gasteiger partial charge in [0, 0.05) is 24.5 Å². The van der Waals surface area contributed by atoms with Crippen molar-refractivity contribution in [3.63, 3.8) is 0 Å². The fourth-order valence-electron chi connectivity index (χ4n) is 2.29. The molecule has 4 heteroatoms. The Kier molecular flexibility index (Phi) is 4.40. The fourth-order valence-corrected chi connectivity index (χ4v) is 3.36. The highest BCUT2D eigenvalue weighted by molar-refractivity contribution is 7.15. The van der Waals surface area contributed by atoms with Crippen LogP contribution in [-0.4, -0.2) is 24.6 Å². The highest BCUT2D eigenvalue weighted by atomic mass is 32.1. The molecule has 3 nitrogen and oxygen atoms in total. The zero-order valence-electron chi connectivity index (χ0n) is 11.1. The van der Waals surface area contributed by atoms with E-state index in [1.165, 1.54) is 41.6 Å². The van der Waals surface area contributed by atoms with E-state index in [9.17, 15) is 0 Å². The van der Waals surface area contributed by atoms with Gasteiger partial charge in [-0.15, -0.1) is 11.3 Å². The molecular formula is C13H23N3S. The second kappa shape index (κ2) is 5.83. The van der Waals surface area contributed by atoms with Crippen LogP contribution in [0.15, 0.2) is 0 Å². The highest BCUT2D eigenvalue weighted by Crippen LogP contribution is 2.31. The number of aryl methyl sites for hydroxylation is 1. The third-order valence-corrected chi connectivity index (χ3v) is 4.77. The van der Waals surface area contributed by atoms with Crippen molar-refractivity contribution in [3.8, 4) is 0 Å². The van der Waals surface area contributed by atoms with E-state index < -0.39 is 0 Å². The van der Waals surface area contributed by atoms with Crippen molar-refractivity contribution in [1.82, 2.24) is 10.3 Å². The van der Waals surface area contributed by atoms with Gasteiger partial charge in [-0.05, 0) is 25.8 Å². The molecule has 2 heterocycles. The van der Waals surface area contributed by atoms with E-state index in [0.717, 1.165) is 19.0 Å². The van der Waals surface area contributed by atoms with E-state index in [-0.39, 0.29) is 0 Å². The highest BCUT2D eigenvalue weighted by Gasteiger charge is 2.23. The quantitative estimate of drug-likeness (QED) is 0.874. The van der Waals surface area contributed by atoms with E-state index in [4.69, 9.17) is 4.98 Å². The summed E-state index contributed by atoms with van der Waals surface area (Å²) in [6, 6.07) is 0. The number of nitrogens with zero attached hydrogens (tertiary/aromatic N) is 2. The molecule has 1 unspecified atom stereocenters. The van der Waals surface area contributed by atoms with Gasteiger partial charge in [0.1, 0.15) is 0 Å². The molecule has 1 saturated heterocycles.